The summed E-state index contributed by atoms with van der Waals surface area (Å²) in [5.41, 5.74) is -0.314. The van der Waals surface area contributed by atoms with Crippen LogP contribution < -0.4 is 10.9 Å². The molecule has 0 saturated carbocycles. The van der Waals surface area contributed by atoms with Crippen molar-refractivity contribution in [2.45, 2.75) is 53.2 Å². The van der Waals surface area contributed by atoms with E-state index in [9.17, 15) is 14.4 Å². The SMILES string of the molecule is Cc1cc(=O)oc(C)c1C(=O)O[C@@H](C)C(=O)NC(C)(C)C. The molecule has 1 amide bonds. The van der Waals surface area contributed by atoms with E-state index in [1.165, 1.54) is 19.9 Å². The van der Waals surface area contributed by atoms with Crippen molar-refractivity contribution in [1.82, 2.24) is 5.32 Å². The van der Waals surface area contributed by atoms with Gasteiger partial charge in [-0.15, -0.1) is 0 Å². The molecule has 6 nitrogen and oxygen atoms in total. The maximum Gasteiger partial charge on any atom is 0.342 e. The molecule has 0 spiro atoms. The zero-order chi connectivity index (χ0) is 16.4. The summed E-state index contributed by atoms with van der Waals surface area (Å²) in [6, 6.07) is 1.21. The third-order valence-electron chi connectivity index (χ3n) is 2.69. The first-order chi connectivity index (χ1) is 9.51. The fourth-order valence-corrected chi connectivity index (χ4v) is 1.81. The molecule has 0 bridgehead atoms. The molecule has 116 valence electrons. The zero-order valence-electron chi connectivity index (χ0n) is 13.2. The molecule has 0 radical (unpaired) electrons. The largest absolute Gasteiger partial charge is 0.449 e. The number of rotatable bonds is 3. The van der Waals surface area contributed by atoms with E-state index in [-0.39, 0.29) is 17.2 Å². The zero-order valence-corrected chi connectivity index (χ0v) is 13.2. The van der Waals surface area contributed by atoms with Crippen molar-refractivity contribution >= 4 is 11.9 Å². The molecule has 1 aromatic rings. The fourth-order valence-electron chi connectivity index (χ4n) is 1.81. The number of hydrogen-bond acceptors (Lipinski definition) is 5. The van der Waals surface area contributed by atoms with E-state index in [2.05, 4.69) is 5.32 Å². The Labute approximate surface area is 123 Å². The maximum atomic E-state index is 12.1. The van der Waals surface area contributed by atoms with Crippen molar-refractivity contribution in [3.8, 4) is 0 Å². The minimum Gasteiger partial charge on any atom is -0.449 e. The van der Waals surface area contributed by atoms with E-state index < -0.39 is 23.2 Å². The topological polar surface area (TPSA) is 85.6 Å². The van der Waals surface area contributed by atoms with Crippen LogP contribution in [-0.2, 0) is 9.53 Å². The fraction of sp³-hybridized carbons (Fsp3) is 0.533. The van der Waals surface area contributed by atoms with E-state index in [0.29, 0.717) is 5.56 Å². The lowest BCUT2D eigenvalue weighted by Crippen LogP contribution is -2.46. The number of esters is 1. The van der Waals surface area contributed by atoms with Crippen LogP contribution in [0.4, 0.5) is 0 Å². The first-order valence-electron chi connectivity index (χ1n) is 6.65. The lowest BCUT2D eigenvalue weighted by Gasteiger charge is -2.23. The summed E-state index contributed by atoms with van der Waals surface area (Å²) >= 11 is 0. The van der Waals surface area contributed by atoms with Crippen LogP contribution in [0.25, 0.3) is 0 Å². The first-order valence-corrected chi connectivity index (χ1v) is 6.65. The Hall–Kier alpha value is -2.11. The second-order valence-electron chi connectivity index (χ2n) is 5.97. The van der Waals surface area contributed by atoms with Crippen molar-refractivity contribution < 1.29 is 18.7 Å². The molecule has 0 unspecified atom stereocenters. The van der Waals surface area contributed by atoms with Crippen LogP contribution in [-0.4, -0.2) is 23.5 Å². The van der Waals surface area contributed by atoms with Crippen LogP contribution in [0.3, 0.4) is 0 Å². The van der Waals surface area contributed by atoms with Gasteiger partial charge < -0.3 is 14.5 Å². The van der Waals surface area contributed by atoms with Crippen molar-refractivity contribution in [3.63, 3.8) is 0 Å². The molecule has 1 rings (SSSR count). The highest BCUT2D eigenvalue weighted by molar-refractivity contribution is 5.94. The molecular formula is C15H21NO5. The molecule has 0 aliphatic carbocycles. The average molecular weight is 295 g/mol. The smallest absolute Gasteiger partial charge is 0.342 e. The monoisotopic (exact) mass is 295 g/mol. The van der Waals surface area contributed by atoms with Crippen LogP contribution in [0.15, 0.2) is 15.3 Å². The maximum absolute atomic E-state index is 12.1. The summed E-state index contributed by atoms with van der Waals surface area (Å²) in [4.78, 5) is 35.2. The predicted octanol–water partition coefficient (Wildman–Crippen LogP) is 1.72. The van der Waals surface area contributed by atoms with Crippen LogP contribution in [0, 0.1) is 13.8 Å². The molecule has 0 aliphatic rings. The first kappa shape index (κ1) is 16.9. The van der Waals surface area contributed by atoms with Crippen molar-refractivity contribution in [1.29, 1.82) is 0 Å². The summed E-state index contributed by atoms with van der Waals surface area (Å²) in [5.74, 6) is -0.901. The van der Waals surface area contributed by atoms with Gasteiger partial charge in [0.2, 0.25) is 0 Å². The molecule has 1 atom stereocenters. The highest BCUT2D eigenvalue weighted by atomic mass is 16.5. The summed E-state index contributed by atoms with van der Waals surface area (Å²) in [5, 5.41) is 2.72. The van der Waals surface area contributed by atoms with Gasteiger partial charge in [-0.2, -0.15) is 0 Å². The molecular weight excluding hydrogens is 274 g/mol. The number of carbonyl (C=O) groups is 2. The van der Waals surface area contributed by atoms with E-state index in [4.69, 9.17) is 9.15 Å². The van der Waals surface area contributed by atoms with Gasteiger partial charge in [-0.3, -0.25) is 4.79 Å². The van der Waals surface area contributed by atoms with Gasteiger partial charge in [0.1, 0.15) is 11.3 Å². The Morgan fingerprint density at radius 2 is 1.86 bits per heavy atom. The summed E-state index contributed by atoms with van der Waals surface area (Å²) in [6.45, 7) is 10.1. The number of carbonyl (C=O) groups excluding carboxylic acids is 2. The number of hydrogen-bond donors (Lipinski definition) is 1. The van der Waals surface area contributed by atoms with Crippen LogP contribution >= 0.6 is 0 Å². The number of nitrogens with one attached hydrogen (secondary N) is 1. The van der Waals surface area contributed by atoms with E-state index in [0.717, 1.165) is 0 Å². The number of amides is 1. The molecule has 0 aliphatic heterocycles. The van der Waals surface area contributed by atoms with Crippen LogP contribution in [0.1, 0.15) is 49.4 Å². The number of aryl methyl sites for hydroxylation is 2. The highest BCUT2D eigenvalue weighted by Crippen LogP contribution is 2.13. The van der Waals surface area contributed by atoms with Gasteiger partial charge in [-0.25, -0.2) is 9.59 Å². The van der Waals surface area contributed by atoms with Gasteiger partial charge in [0.25, 0.3) is 5.91 Å². The Morgan fingerprint density at radius 1 is 1.29 bits per heavy atom. The third kappa shape index (κ3) is 4.73. The molecule has 0 fully saturated rings. The molecule has 0 aromatic carbocycles. The van der Waals surface area contributed by atoms with Crippen molar-refractivity contribution in [3.05, 3.63) is 33.4 Å². The quantitative estimate of drug-likeness (QED) is 0.858. The minimum atomic E-state index is -0.942. The lowest BCUT2D eigenvalue weighted by molar-refractivity contribution is -0.130. The average Bonchev–Trinajstić information content (AvgIpc) is 2.24. The second-order valence-corrected chi connectivity index (χ2v) is 5.97. The number of ether oxygens (including phenoxy) is 1. The van der Waals surface area contributed by atoms with E-state index in [1.54, 1.807) is 6.92 Å². The standard InChI is InChI=1S/C15H21NO5/c1-8-7-11(17)20-9(2)12(8)14(19)21-10(3)13(18)16-15(4,5)6/h7,10H,1-6H3,(H,16,18)/t10-/m0/s1. The Bertz CT molecular complexity index is 583. The molecule has 0 saturated heterocycles. The normalized spacial score (nSPS) is 12.7. The third-order valence-corrected chi connectivity index (χ3v) is 2.69. The molecule has 6 heteroatoms. The van der Waals surface area contributed by atoms with Gasteiger partial charge in [-0.05, 0) is 47.1 Å². The Morgan fingerprint density at radius 3 is 2.33 bits per heavy atom. The van der Waals surface area contributed by atoms with Crippen LogP contribution in [0.5, 0.6) is 0 Å². The van der Waals surface area contributed by atoms with Crippen molar-refractivity contribution in [2.75, 3.05) is 0 Å². The van der Waals surface area contributed by atoms with Gasteiger partial charge >= 0.3 is 11.6 Å². The minimum absolute atomic E-state index is 0.171. The van der Waals surface area contributed by atoms with Crippen LogP contribution in [0.2, 0.25) is 0 Å². The lowest BCUT2D eigenvalue weighted by atomic mass is 10.1. The summed E-state index contributed by atoms with van der Waals surface area (Å²) < 4.78 is 10.0. The molecule has 21 heavy (non-hydrogen) atoms. The van der Waals surface area contributed by atoms with Gasteiger partial charge in [0.05, 0.1) is 0 Å². The summed E-state index contributed by atoms with van der Waals surface area (Å²) in [7, 11) is 0. The molecule has 1 aromatic heterocycles. The molecule has 1 heterocycles. The van der Waals surface area contributed by atoms with Gasteiger partial charge in [0, 0.05) is 11.6 Å². The predicted molar refractivity (Wildman–Crippen MR) is 77.2 cm³/mol. The highest BCUT2D eigenvalue weighted by Gasteiger charge is 2.25. The van der Waals surface area contributed by atoms with Crippen molar-refractivity contribution in [2.24, 2.45) is 0 Å². The Kier molecular flexibility index (Phi) is 4.93. The second kappa shape index (κ2) is 6.11. The summed E-state index contributed by atoms with van der Waals surface area (Å²) in [6.07, 6.45) is -0.942. The van der Waals surface area contributed by atoms with E-state index in [1.807, 2.05) is 20.8 Å². The van der Waals surface area contributed by atoms with E-state index >= 15 is 0 Å². The van der Waals surface area contributed by atoms with Gasteiger partial charge in [-0.1, -0.05) is 0 Å². The Balaban J connectivity index is 2.87. The molecule has 1 N–H and O–H groups in total. The van der Waals surface area contributed by atoms with Gasteiger partial charge in [0.15, 0.2) is 6.10 Å².